The molecule has 2 N–H and O–H groups in total. The fourth-order valence-corrected chi connectivity index (χ4v) is 5.89. The van der Waals surface area contributed by atoms with E-state index in [-0.39, 0.29) is 18.1 Å². The van der Waals surface area contributed by atoms with E-state index in [0.29, 0.717) is 43.4 Å². The highest BCUT2D eigenvalue weighted by atomic mass is 32.1. The minimum Gasteiger partial charge on any atom is -0.462 e. The summed E-state index contributed by atoms with van der Waals surface area (Å²) in [4.78, 5) is 48.3. The lowest BCUT2D eigenvalue weighted by atomic mass is 10.1. The highest BCUT2D eigenvalue weighted by Crippen LogP contribution is 2.39. The minimum absolute atomic E-state index is 0.203. The summed E-state index contributed by atoms with van der Waals surface area (Å²) in [6.45, 7) is 5.68. The van der Waals surface area contributed by atoms with Crippen molar-refractivity contribution < 1.29 is 14.3 Å². The Hall–Kier alpha value is -3.27. The number of aryl methyl sites for hydroxylation is 2. The van der Waals surface area contributed by atoms with Crippen LogP contribution in [0, 0.1) is 13.8 Å². The second-order valence-electron chi connectivity index (χ2n) is 8.23. The molecule has 0 radical (unpaired) electrons. The van der Waals surface area contributed by atoms with E-state index in [1.165, 1.54) is 17.7 Å². The zero-order chi connectivity index (χ0) is 22.6. The van der Waals surface area contributed by atoms with Gasteiger partial charge in [0.2, 0.25) is 0 Å². The van der Waals surface area contributed by atoms with Crippen molar-refractivity contribution in [2.45, 2.75) is 52.1 Å². The Bertz CT molecular complexity index is 1340. The molecular formula is C22H23N5O4S. The van der Waals surface area contributed by atoms with Gasteiger partial charge in [-0.15, -0.1) is 11.3 Å². The van der Waals surface area contributed by atoms with Crippen molar-refractivity contribution in [1.82, 2.24) is 19.9 Å². The topological polar surface area (TPSA) is 115 Å². The summed E-state index contributed by atoms with van der Waals surface area (Å²) in [6.07, 6.45) is 4.79. The van der Waals surface area contributed by atoms with Crippen molar-refractivity contribution in [3.05, 3.63) is 44.4 Å². The van der Waals surface area contributed by atoms with Crippen LogP contribution in [0.25, 0.3) is 10.2 Å². The standard InChI is InChI=1S/C22H23N5O4S/c1-4-31-21(30)16-12(3)14-17(23-10-24-19(14)32-16)25-13-9-11(2)15-18(28)26-22(7-5-6-8-22)27(15)20(13)29/h9-10H,4-8H2,1-3H3,(H,26,28)(H,23,24,25). The Morgan fingerprint density at radius 2 is 2.03 bits per heavy atom. The van der Waals surface area contributed by atoms with Crippen LogP contribution < -0.4 is 16.2 Å². The summed E-state index contributed by atoms with van der Waals surface area (Å²) in [5.74, 6) is -0.167. The second-order valence-corrected chi connectivity index (χ2v) is 9.23. The predicted octanol–water partition coefficient (Wildman–Crippen LogP) is 3.36. The van der Waals surface area contributed by atoms with Crippen LogP contribution in [0.4, 0.5) is 11.5 Å². The molecule has 1 spiro atoms. The van der Waals surface area contributed by atoms with Gasteiger partial charge in [-0.1, -0.05) is 0 Å². The number of rotatable bonds is 4. The molecule has 166 valence electrons. The number of aromatic nitrogens is 3. The molecule has 3 aromatic heterocycles. The molecule has 9 nitrogen and oxygen atoms in total. The first kappa shape index (κ1) is 20.6. The first-order valence-electron chi connectivity index (χ1n) is 10.6. The maximum Gasteiger partial charge on any atom is 0.348 e. The zero-order valence-electron chi connectivity index (χ0n) is 18.1. The molecule has 0 atom stereocenters. The fourth-order valence-electron chi connectivity index (χ4n) is 4.84. The van der Waals surface area contributed by atoms with Gasteiger partial charge in [0, 0.05) is 0 Å². The van der Waals surface area contributed by atoms with Crippen LogP contribution in [0.3, 0.4) is 0 Å². The number of esters is 1. The van der Waals surface area contributed by atoms with Gasteiger partial charge in [0.25, 0.3) is 11.5 Å². The van der Waals surface area contributed by atoms with E-state index < -0.39 is 11.6 Å². The van der Waals surface area contributed by atoms with Gasteiger partial charge in [0.1, 0.15) is 38.9 Å². The van der Waals surface area contributed by atoms with Gasteiger partial charge < -0.3 is 15.4 Å². The van der Waals surface area contributed by atoms with Gasteiger partial charge in [-0.25, -0.2) is 14.8 Å². The normalized spacial score (nSPS) is 16.4. The molecule has 1 aliphatic carbocycles. The highest BCUT2D eigenvalue weighted by Gasteiger charge is 2.46. The number of fused-ring (bicyclic) bond motifs is 3. The Balaban J connectivity index is 1.63. The number of thiophene rings is 1. The number of carbonyl (C=O) groups excluding carboxylic acids is 2. The highest BCUT2D eigenvalue weighted by molar-refractivity contribution is 7.20. The van der Waals surface area contributed by atoms with Crippen molar-refractivity contribution in [2.24, 2.45) is 0 Å². The molecule has 1 saturated carbocycles. The van der Waals surface area contributed by atoms with Crippen molar-refractivity contribution in [2.75, 3.05) is 11.9 Å². The average Bonchev–Trinajstić information content (AvgIpc) is 3.43. The van der Waals surface area contributed by atoms with Crippen LogP contribution >= 0.6 is 11.3 Å². The fraction of sp³-hybridized carbons (Fsp3) is 0.409. The second kappa shape index (κ2) is 7.40. The van der Waals surface area contributed by atoms with Gasteiger partial charge in [-0.2, -0.15) is 0 Å². The average molecular weight is 454 g/mol. The molecule has 0 saturated heterocycles. The monoisotopic (exact) mass is 453 g/mol. The number of ether oxygens (including phenoxy) is 1. The lowest BCUT2D eigenvalue weighted by molar-refractivity contribution is 0.0531. The molecule has 1 aliphatic heterocycles. The Kier molecular flexibility index (Phi) is 4.77. The predicted molar refractivity (Wildman–Crippen MR) is 121 cm³/mol. The molecule has 4 heterocycles. The van der Waals surface area contributed by atoms with Crippen molar-refractivity contribution in [3.8, 4) is 0 Å². The van der Waals surface area contributed by atoms with E-state index in [4.69, 9.17) is 4.74 Å². The largest absolute Gasteiger partial charge is 0.462 e. The molecule has 32 heavy (non-hydrogen) atoms. The minimum atomic E-state index is -0.650. The number of anilines is 2. The molecule has 10 heteroatoms. The summed E-state index contributed by atoms with van der Waals surface area (Å²) in [5.41, 5.74) is 1.25. The van der Waals surface area contributed by atoms with Crippen molar-refractivity contribution in [3.63, 3.8) is 0 Å². The third kappa shape index (κ3) is 2.93. The summed E-state index contributed by atoms with van der Waals surface area (Å²) in [6, 6.07) is 1.68. The maximum absolute atomic E-state index is 13.5. The smallest absolute Gasteiger partial charge is 0.348 e. The quantitative estimate of drug-likeness (QED) is 0.582. The van der Waals surface area contributed by atoms with E-state index in [9.17, 15) is 14.4 Å². The Morgan fingerprint density at radius 1 is 1.28 bits per heavy atom. The summed E-state index contributed by atoms with van der Waals surface area (Å²) in [7, 11) is 0. The van der Waals surface area contributed by atoms with E-state index in [1.54, 1.807) is 17.6 Å². The van der Waals surface area contributed by atoms with Crippen LogP contribution in [0.5, 0.6) is 0 Å². The van der Waals surface area contributed by atoms with E-state index in [1.807, 2.05) is 13.8 Å². The van der Waals surface area contributed by atoms with Gasteiger partial charge in [-0.3, -0.25) is 14.2 Å². The summed E-state index contributed by atoms with van der Waals surface area (Å²) < 4.78 is 6.78. The third-order valence-electron chi connectivity index (χ3n) is 6.25. The van der Waals surface area contributed by atoms with E-state index >= 15 is 0 Å². The number of nitrogens with one attached hydrogen (secondary N) is 2. The molecule has 2 aliphatic rings. The molecule has 0 aromatic carbocycles. The van der Waals surface area contributed by atoms with Gasteiger partial charge >= 0.3 is 5.97 Å². The number of hydrogen-bond donors (Lipinski definition) is 2. The number of nitrogens with zero attached hydrogens (tertiary/aromatic N) is 3. The van der Waals surface area contributed by atoms with Crippen molar-refractivity contribution >= 4 is 44.9 Å². The molecule has 0 bridgehead atoms. The molecular weight excluding hydrogens is 430 g/mol. The molecule has 3 aromatic rings. The zero-order valence-corrected chi connectivity index (χ0v) is 18.9. The molecule has 1 amide bonds. The number of carbonyl (C=O) groups is 2. The van der Waals surface area contributed by atoms with E-state index in [0.717, 1.165) is 25.7 Å². The molecule has 5 rings (SSSR count). The molecule has 1 fully saturated rings. The van der Waals surface area contributed by atoms with Crippen LogP contribution in [0.15, 0.2) is 17.2 Å². The summed E-state index contributed by atoms with van der Waals surface area (Å²) >= 11 is 1.24. The van der Waals surface area contributed by atoms with Crippen molar-refractivity contribution in [1.29, 1.82) is 0 Å². The van der Waals surface area contributed by atoms with Crippen LogP contribution in [0.2, 0.25) is 0 Å². The number of hydrogen-bond acceptors (Lipinski definition) is 8. The van der Waals surface area contributed by atoms with E-state index in [2.05, 4.69) is 20.6 Å². The lowest BCUT2D eigenvalue weighted by Crippen LogP contribution is -2.45. The van der Waals surface area contributed by atoms with Gasteiger partial charge in [0.15, 0.2) is 0 Å². The summed E-state index contributed by atoms with van der Waals surface area (Å²) in [5, 5.41) is 6.89. The van der Waals surface area contributed by atoms with Crippen LogP contribution in [-0.2, 0) is 10.4 Å². The number of pyridine rings is 1. The first-order valence-corrected chi connectivity index (χ1v) is 11.5. The molecule has 0 unspecified atom stereocenters. The first-order chi connectivity index (χ1) is 15.4. The third-order valence-corrected chi connectivity index (χ3v) is 7.43. The van der Waals surface area contributed by atoms with Crippen LogP contribution in [0.1, 0.15) is 63.9 Å². The lowest BCUT2D eigenvalue weighted by Gasteiger charge is -2.26. The maximum atomic E-state index is 13.5. The Morgan fingerprint density at radius 3 is 2.75 bits per heavy atom. The SMILES string of the molecule is CCOC(=O)c1sc2ncnc(Nc3cc(C)c4n(c3=O)C3(CCCC3)NC4=O)c2c1C. The Labute approximate surface area is 187 Å². The van der Waals surface area contributed by atoms with Gasteiger partial charge in [-0.05, 0) is 63.6 Å². The van der Waals surface area contributed by atoms with Crippen LogP contribution in [-0.4, -0.2) is 33.0 Å². The number of amides is 1. The van der Waals surface area contributed by atoms with Gasteiger partial charge in [0.05, 0.1) is 12.0 Å².